The summed E-state index contributed by atoms with van der Waals surface area (Å²) in [6.45, 7) is 1.84. The fraction of sp³-hybridized carbons (Fsp3) is 0.182. The third kappa shape index (κ3) is 3.34. The van der Waals surface area contributed by atoms with Crippen molar-refractivity contribution < 1.29 is 12.8 Å². The number of aryl methyl sites for hydroxylation is 1. The highest BCUT2D eigenvalue weighted by molar-refractivity contribution is 9.10. The molecular formula is C11H12BrN3O3S. The summed E-state index contributed by atoms with van der Waals surface area (Å²) < 4.78 is 32.4. The van der Waals surface area contributed by atoms with Crippen LogP contribution in [0.15, 0.2) is 38.2 Å². The predicted molar refractivity (Wildman–Crippen MR) is 73.8 cm³/mol. The lowest BCUT2D eigenvalue weighted by Crippen LogP contribution is -2.24. The number of nitrogens with two attached hydrogens (primary N) is 1. The van der Waals surface area contributed by atoms with Crippen molar-refractivity contribution in [2.75, 3.05) is 5.73 Å². The summed E-state index contributed by atoms with van der Waals surface area (Å²) in [4.78, 5) is 3.73. The lowest BCUT2D eigenvalue weighted by atomic mass is 10.4. The summed E-state index contributed by atoms with van der Waals surface area (Å²) in [7, 11) is -3.73. The number of furan rings is 1. The fourth-order valence-electron chi connectivity index (χ4n) is 1.47. The fourth-order valence-corrected chi connectivity index (χ4v) is 3.05. The minimum absolute atomic E-state index is 0.0497. The van der Waals surface area contributed by atoms with Crippen LogP contribution in [0.4, 0.5) is 5.82 Å². The van der Waals surface area contributed by atoms with E-state index in [2.05, 4.69) is 25.6 Å². The Balaban J connectivity index is 2.20. The Morgan fingerprint density at radius 3 is 2.84 bits per heavy atom. The highest BCUT2D eigenvalue weighted by atomic mass is 79.9. The van der Waals surface area contributed by atoms with E-state index in [1.54, 1.807) is 19.1 Å². The molecule has 0 fully saturated rings. The van der Waals surface area contributed by atoms with E-state index in [-0.39, 0.29) is 17.3 Å². The van der Waals surface area contributed by atoms with Crippen LogP contribution in [-0.2, 0) is 16.6 Å². The van der Waals surface area contributed by atoms with Gasteiger partial charge in [-0.2, -0.15) is 0 Å². The van der Waals surface area contributed by atoms with Gasteiger partial charge in [0, 0.05) is 10.7 Å². The molecule has 2 aromatic rings. The van der Waals surface area contributed by atoms with E-state index >= 15 is 0 Å². The van der Waals surface area contributed by atoms with Crippen molar-refractivity contribution in [2.45, 2.75) is 18.4 Å². The van der Waals surface area contributed by atoms with Gasteiger partial charge in [-0.15, -0.1) is 0 Å². The van der Waals surface area contributed by atoms with Crippen LogP contribution >= 0.6 is 15.9 Å². The van der Waals surface area contributed by atoms with E-state index in [4.69, 9.17) is 10.2 Å². The highest BCUT2D eigenvalue weighted by Crippen LogP contribution is 2.20. The molecule has 102 valence electrons. The van der Waals surface area contributed by atoms with Gasteiger partial charge >= 0.3 is 0 Å². The molecule has 2 heterocycles. The second-order valence-corrected chi connectivity index (χ2v) is 6.52. The molecule has 2 aromatic heterocycles. The average Bonchev–Trinajstić information content (AvgIpc) is 2.76. The van der Waals surface area contributed by atoms with Gasteiger partial charge in [-0.25, -0.2) is 18.1 Å². The van der Waals surface area contributed by atoms with Crippen LogP contribution < -0.4 is 10.5 Å². The quantitative estimate of drug-likeness (QED) is 0.880. The Morgan fingerprint density at radius 1 is 1.47 bits per heavy atom. The molecule has 8 heteroatoms. The maximum Gasteiger partial charge on any atom is 0.244 e. The zero-order valence-electron chi connectivity index (χ0n) is 10.1. The summed E-state index contributed by atoms with van der Waals surface area (Å²) in [6, 6.07) is 4.87. The van der Waals surface area contributed by atoms with Crippen molar-refractivity contribution in [3.63, 3.8) is 0 Å². The topological polar surface area (TPSA) is 98.2 Å². The third-order valence-corrected chi connectivity index (χ3v) is 4.23. The van der Waals surface area contributed by atoms with Crippen LogP contribution in [0.2, 0.25) is 0 Å². The second kappa shape index (κ2) is 5.32. The number of pyridine rings is 1. The Kier molecular flexibility index (Phi) is 3.93. The average molecular weight is 346 g/mol. The van der Waals surface area contributed by atoms with E-state index in [1.165, 1.54) is 12.3 Å². The number of nitrogens with one attached hydrogen (secondary N) is 1. The molecule has 0 unspecified atom stereocenters. The van der Waals surface area contributed by atoms with Crippen LogP contribution in [0.25, 0.3) is 0 Å². The monoisotopic (exact) mass is 345 g/mol. The molecule has 19 heavy (non-hydrogen) atoms. The Labute approximate surface area is 119 Å². The molecule has 0 amide bonds. The molecule has 0 aliphatic heterocycles. The second-order valence-electron chi connectivity index (χ2n) is 3.87. The molecule has 0 aliphatic carbocycles. The van der Waals surface area contributed by atoms with Crippen LogP contribution in [0, 0.1) is 6.92 Å². The number of aromatic nitrogens is 1. The number of anilines is 1. The van der Waals surface area contributed by atoms with Gasteiger partial charge < -0.3 is 10.2 Å². The summed E-state index contributed by atoms with van der Waals surface area (Å²) in [5.41, 5.74) is 5.57. The molecule has 0 radical (unpaired) electrons. The van der Waals surface area contributed by atoms with Crippen molar-refractivity contribution in [2.24, 2.45) is 0 Å². The van der Waals surface area contributed by atoms with Gasteiger partial charge in [-0.3, -0.25) is 0 Å². The number of nitrogen functional groups attached to an aromatic ring is 1. The first-order valence-corrected chi connectivity index (χ1v) is 7.62. The number of hydrogen-bond acceptors (Lipinski definition) is 5. The van der Waals surface area contributed by atoms with E-state index < -0.39 is 10.0 Å². The first kappa shape index (κ1) is 14.0. The lowest BCUT2D eigenvalue weighted by Gasteiger charge is -2.07. The molecule has 0 saturated carbocycles. The zero-order valence-corrected chi connectivity index (χ0v) is 12.5. The first-order valence-electron chi connectivity index (χ1n) is 5.34. The Bertz CT molecular complexity index is 697. The Hall–Kier alpha value is -1.38. The van der Waals surface area contributed by atoms with Crippen molar-refractivity contribution in [3.05, 3.63) is 40.4 Å². The molecule has 0 aromatic carbocycles. The van der Waals surface area contributed by atoms with E-state index in [9.17, 15) is 8.42 Å². The van der Waals surface area contributed by atoms with Crippen LogP contribution in [-0.4, -0.2) is 13.4 Å². The molecular weight excluding hydrogens is 334 g/mol. The molecule has 6 nitrogen and oxygen atoms in total. The summed E-state index contributed by atoms with van der Waals surface area (Å²) >= 11 is 3.16. The maximum atomic E-state index is 12.1. The van der Waals surface area contributed by atoms with Crippen molar-refractivity contribution >= 4 is 31.8 Å². The molecule has 0 spiro atoms. The van der Waals surface area contributed by atoms with Crippen LogP contribution in [0.1, 0.15) is 11.5 Å². The smallest absolute Gasteiger partial charge is 0.244 e. The maximum absolute atomic E-state index is 12.1. The number of halogens is 1. The first-order chi connectivity index (χ1) is 8.88. The number of rotatable bonds is 4. The van der Waals surface area contributed by atoms with Gasteiger partial charge in [-0.1, -0.05) is 0 Å². The van der Waals surface area contributed by atoms with E-state index in [0.29, 0.717) is 10.2 Å². The summed E-state index contributed by atoms with van der Waals surface area (Å²) in [5, 5.41) is 0. The predicted octanol–water partition coefficient (Wildman–Crippen LogP) is 1.81. The lowest BCUT2D eigenvalue weighted by molar-refractivity contribution is 0.475. The SMILES string of the molecule is Cc1ccc(CNS(=O)(=O)c2cc(Br)cnc2N)o1. The number of sulfonamides is 1. The van der Waals surface area contributed by atoms with Crippen molar-refractivity contribution in [1.29, 1.82) is 0 Å². The zero-order chi connectivity index (χ0) is 14.0. The molecule has 0 atom stereocenters. The molecule has 0 saturated heterocycles. The minimum atomic E-state index is -3.73. The molecule has 3 N–H and O–H groups in total. The highest BCUT2D eigenvalue weighted by Gasteiger charge is 2.19. The van der Waals surface area contributed by atoms with Gasteiger partial charge in [0.15, 0.2) is 0 Å². The van der Waals surface area contributed by atoms with Gasteiger partial charge in [0.2, 0.25) is 10.0 Å². The van der Waals surface area contributed by atoms with Gasteiger partial charge in [0.1, 0.15) is 22.2 Å². The summed E-state index contributed by atoms with van der Waals surface area (Å²) in [5.74, 6) is 1.20. The molecule has 2 rings (SSSR count). The van der Waals surface area contributed by atoms with Gasteiger partial charge in [0.25, 0.3) is 0 Å². The third-order valence-electron chi connectivity index (χ3n) is 2.37. The normalized spacial score (nSPS) is 11.7. The van der Waals surface area contributed by atoms with Crippen LogP contribution in [0.3, 0.4) is 0 Å². The standard InChI is InChI=1S/C11H12BrN3O3S/c1-7-2-3-9(18-7)6-15-19(16,17)10-4-8(12)5-14-11(10)13/h2-5,15H,6H2,1H3,(H2,13,14). The largest absolute Gasteiger partial charge is 0.465 e. The van der Waals surface area contributed by atoms with Gasteiger partial charge in [-0.05, 0) is 41.1 Å². The molecule has 0 bridgehead atoms. The molecule has 0 aliphatic rings. The number of hydrogen-bond donors (Lipinski definition) is 2. The summed E-state index contributed by atoms with van der Waals surface area (Å²) in [6.07, 6.45) is 1.43. The van der Waals surface area contributed by atoms with Gasteiger partial charge in [0.05, 0.1) is 6.54 Å². The van der Waals surface area contributed by atoms with Crippen molar-refractivity contribution in [1.82, 2.24) is 9.71 Å². The van der Waals surface area contributed by atoms with Crippen molar-refractivity contribution in [3.8, 4) is 0 Å². The van der Waals surface area contributed by atoms with E-state index in [0.717, 1.165) is 5.76 Å². The minimum Gasteiger partial charge on any atom is -0.465 e. The van der Waals surface area contributed by atoms with Crippen LogP contribution in [0.5, 0.6) is 0 Å². The van der Waals surface area contributed by atoms with E-state index in [1.807, 2.05) is 0 Å². The number of nitrogens with zero attached hydrogens (tertiary/aromatic N) is 1. The Morgan fingerprint density at radius 2 is 2.21 bits per heavy atom.